The van der Waals surface area contributed by atoms with E-state index in [-0.39, 0.29) is 12.1 Å². The van der Waals surface area contributed by atoms with Crippen LogP contribution in [0.4, 0.5) is 4.79 Å². The molecule has 0 aromatic carbocycles. The van der Waals surface area contributed by atoms with Gasteiger partial charge < -0.3 is 10.1 Å². The summed E-state index contributed by atoms with van der Waals surface area (Å²) >= 11 is 0. The van der Waals surface area contributed by atoms with E-state index in [1.165, 1.54) is 0 Å². The van der Waals surface area contributed by atoms with Crippen molar-refractivity contribution in [3.63, 3.8) is 0 Å². The number of amides is 1. The molecule has 49 valence electrons. The van der Waals surface area contributed by atoms with Gasteiger partial charge in [0.05, 0.1) is 6.04 Å². The Morgan fingerprint density at radius 1 is 1.89 bits per heavy atom. The van der Waals surface area contributed by atoms with E-state index in [1.807, 2.05) is 0 Å². The van der Waals surface area contributed by atoms with Crippen LogP contribution in [0.3, 0.4) is 0 Å². The average Bonchev–Trinajstić information content (AvgIpc) is 2.17. The van der Waals surface area contributed by atoms with Crippen LogP contribution in [-0.4, -0.2) is 18.7 Å². The minimum absolute atomic E-state index is 0.0231. The number of hydrogen-bond acceptors (Lipinski definition) is 2. The lowest BCUT2D eigenvalue weighted by molar-refractivity contribution is 0.177. The van der Waals surface area contributed by atoms with Crippen molar-refractivity contribution in [2.45, 2.75) is 6.04 Å². The zero-order chi connectivity index (χ0) is 6.69. The fraction of sp³-hybridized carbons (Fsp3) is 0.333. The summed E-state index contributed by atoms with van der Waals surface area (Å²) < 4.78 is 4.59. The van der Waals surface area contributed by atoms with Gasteiger partial charge in [-0.25, -0.2) is 4.79 Å². The van der Waals surface area contributed by atoms with Gasteiger partial charge in [-0.05, 0) is 0 Å². The van der Waals surface area contributed by atoms with Gasteiger partial charge in [0.15, 0.2) is 0 Å². The van der Waals surface area contributed by atoms with Crippen molar-refractivity contribution >= 4 is 6.09 Å². The number of ether oxygens (including phenoxy) is 1. The summed E-state index contributed by atoms with van der Waals surface area (Å²) in [6.45, 7) is 3.91. The Hall–Kier alpha value is -0.990. The van der Waals surface area contributed by atoms with E-state index in [2.05, 4.69) is 16.6 Å². The largest absolute Gasteiger partial charge is 0.447 e. The SMILES string of the molecule is C=C[CH]C1COC(=O)N1. The summed E-state index contributed by atoms with van der Waals surface area (Å²) in [6, 6.07) is 0.0231. The van der Waals surface area contributed by atoms with Crippen LogP contribution in [0, 0.1) is 6.42 Å². The lowest BCUT2D eigenvalue weighted by Crippen LogP contribution is -2.25. The van der Waals surface area contributed by atoms with Crippen molar-refractivity contribution in [3.8, 4) is 0 Å². The molecule has 1 atom stereocenters. The highest BCUT2D eigenvalue weighted by Crippen LogP contribution is 2.00. The molecular weight excluding hydrogens is 118 g/mol. The maximum absolute atomic E-state index is 10.3. The van der Waals surface area contributed by atoms with Crippen molar-refractivity contribution in [1.82, 2.24) is 5.32 Å². The molecule has 1 aliphatic rings. The highest BCUT2D eigenvalue weighted by Gasteiger charge is 2.20. The van der Waals surface area contributed by atoms with Gasteiger partial charge in [0.1, 0.15) is 6.61 Å². The molecule has 1 saturated heterocycles. The van der Waals surface area contributed by atoms with Crippen molar-refractivity contribution < 1.29 is 9.53 Å². The number of carbonyl (C=O) groups is 1. The third-order valence-corrected chi connectivity index (χ3v) is 1.07. The first kappa shape index (κ1) is 6.13. The normalized spacial score (nSPS) is 24.9. The Kier molecular flexibility index (Phi) is 1.72. The second-order valence-electron chi connectivity index (χ2n) is 1.78. The smallest absolute Gasteiger partial charge is 0.407 e. The van der Waals surface area contributed by atoms with E-state index in [0.717, 1.165) is 0 Å². The minimum Gasteiger partial charge on any atom is -0.447 e. The molecule has 0 aromatic heterocycles. The lowest BCUT2D eigenvalue weighted by atomic mass is 10.2. The molecule has 0 aromatic rings. The first-order chi connectivity index (χ1) is 4.33. The second-order valence-corrected chi connectivity index (χ2v) is 1.78. The summed E-state index contributed by atoms with van der Waals surface area (Å²) in [5.74, 6) is 0. The van der Waals surface area contributed by atoms with Crippen molar-refractivity contribution in [2.75, 3.05) is 6.61 Å². The van der Waals surface area contributed by atoms with Crippen LogP contribution in [-0.2, 0) is 4.74 Å². The second kappa shape index (κ2) is 2.53. The quantitative estimate of drug-likeness (QED) is 0.584. The number of hydrogen-bond donors (Lipinski definition) is 1. The molecule has 0 saturated carbocycles. The van der Waals surface area contributed by atoms with Crippen molar-refractivity contribution in [3.05, 3.63) is 19.1 Å². The van der Waals surface area contributed by atoms with Gasteiger partial charge in [-0.3, -0.25) is 0 Å². The molecular formula is C6H8NO2. The van der Waals surface area contributed by atoms with Gasteiger partial charge in [-0.1, -0.05) is 6.08 Å². The minimum atomic E-state index is -0.349. The number of carbonyl (C=O) groups excluding carboxylic acids is 1. The molecule has 1 heterocycles. The summed E-state index contributed by atoms with van der Waals surface area (Å²) in [6.07, 6.45) is 3.07. The number of nitrogens with one attached hydrogen (secondary N) is 1. The van der Waals surface area contributed by atoms with Gasteiger partial charge >= 0.3 is 6.09 Å². The van der Waals surface area contributed by atoms with Crippen LogP contribution in [0.2, 0.25) is 0 Å². The molecule has 0 aliphatic carbocycles. The van der Waals surface area contributed by atoms with E-state index >= 15 is 0 Å². The third kappa shape index (κ3) is 1.45. The molecule has 1 unspecified atom stereocenters. The number of cyclic esters (lactones) is 1. The van der Waals surface area contributed by atoms with Crippen LogP contribution in [0.25, 0.3) is 0 Å². The van der Waals surface area contributed by atoms with Crippen molar-refractivity contribution in [2.24, 2.45) is 0 Å². The van der Waals surface area contributed by atoms with Crippen LogP contribution in [0.1, 0.15) is 0 Å². The average molecular weight is 126 g/mol. The molecule has 1 fully saturated rings. The monoisotopic (exact) mass is 126 g/mol. The van der Waals surface area contributed by atoms with Crippen LogP contribution in [0.5, 0.6) is 0 Å². The van der Waals surface area contributed by atoms with Crippen molar-refractivity contribution in [1.29, 1.82) is 0 Å². The van der Waals surface area contributed by atoms with E-state index < -0.39 is 0 Å². The Morgan fingerprint density at radius 3 is 3.11 bits per heavy atom. The van der Waals surface area contributed by atoms with Gasteiger partial charge in [-0.15, -0.1) is 6.58 Å². The molecule has 1 N–H and O–H groups in total. The Balaban J connectivity index is 2.29. The Labute approximate surface area is 53.7 Å². The summed E-state index contributed by atoms with van der Waals surface area (Å²) in [5.41, 5.74) is 0. The van der Waals surface area contributed by atoms with E-state index in [9.17, 15) is 4.79 Å². The molecule has 9 heavy (non-hydrogen) atoms. The standard InChI is InChI=1S/C6H8NO2/c1-2-3-5-4-9-6(8)7-5/h2-3,5H,1,4H2,(H,7,8). The third-order valence-electron chi connectivity index (χ3n) is 1.07. The summed E-state index contributed by atoms with van der Waals surface area (Å²) in [4.78, 5) is 10.3. The highest BCUT2D eigenvalue weighted by atomic mass is 16.6. The highest BCUT2D eigenvalue weighted by molar-refractivity contribution is 5.69. The molecule has 0 bridgehead atoms. The van der Waals surface area contributed by atoms with Gasteiger partial charge in [0.25, 0.3) is 0 Å². The maximum atomic E-state index is 10.3. The fourth-order valence-corrected chi connectivity index (χ4v) is 0.668. The zero-order valence-corrected chi connectivity index (χ0v) is 4.96. The van der Waals surface area contributed by atoms with Crippen LogP contribution >= 0.6 is 0 Å². The molecule has 1 amide bonds. The zero-order valence-electron chi connectivity index (χ0n) is 4.96. The molecule has 3 nitrogen and oxygen atoms in total. The number of alkyl carbamates (subject to hydrolysis) is 1. The molecule has 1 radical (unpaired) electrons. The molecule has 1 aliphatic heterocycles. The topological polar surface area (TPSA) is 38.3 Å². The molecule has 3 heteroatoms. The first-order valence-electron chi connectivity index (χ1n) is 2.72. The predicted octanol–water partition coefficient (Wildman–Crippen LogP) is 0.485. The Morgan fingerprint density at radius 2 is 2.67 bits per heavy atom. The number of rotatable bonds is 2. The van der Waals surface area contributed by atoms with Crippen LogP contribution in [0.15, 0.2) is 12.7 Å². The molecule has 1 rings (SSSR count). The van der Waals surface area contributed by atoms with Gasteiger partial charge in [-0.2, -0.15) is 0 Å². The van der Waals surface area contributed by atoms with Crippen LogP contribution < -0.4 is 5.32 Å². The van der Waals surface area contributed by atoms with Gasteiger partial charge in [0.2, 0.25) is 0 Å². The molecule has 0 spiro atoms. The van der Waals surface area contributed by atoms with E-state index in [1.54, 1.807) is 12.5 Å². The summed E-state index contributed by atoms with van der Waals surface area (Å²) in [7, 11) is 0. The fourth-order valence-electron chi connectivity index (χ4n) is 0.668. The maximum Gasteiger partial charge on any atom is 0.407 e. The predicted molar refractivity (Wildman–Crippen MR) is 32.8 cm³/mol. The Bertz CT molecular complexity index is 133. The van der Waals surface area contributed by atoms with E-state index in [0.29, 0.717) is 6.61 Å². The van der Waals surface area contributed by atoms with Gasteiger partial charge in [0, 0.05) is 6.42 Å². The first-order valence-corrected chi connectivity index (χ1v) is 2.72. The summed E-state index contributed by atoms with van der Waals surface area (Å²) in [5, 5.41) is 2.57. The lowest BCUT2D eigenvalue weighted by Gasteiger charge is -1.98. The van der Waals surface area contributed by atoms with E-state index in [4.69, 9.17) is 0 Å².